The van der Waals surface area contributed by atoms with Crippen molar-refractivity contribution >= 4 is 17.0 Å². The van der Waals surface area contributed by atoms with Crippen molar-refractivity contribution in [3.63, 3.8) is 0 Å². The number of nitrogens with zero attached hydrogens (tertiary/aromatic N) is 3. The van der Waals surface area contributed by atoms with Crippen LogP contribution in [0.1, 0.15) is 41.2 Å². The molecule has 0 fully saturated rings. The van der Waals surface area contributed by atoms with Crippen molar-refractivity contribution in [2.24, 2.45) is 4.99 Å². The van der Waals surface area contributed by atoms with Crippen LogP contribution in [0.3, 0.4) is 0 Å². The molecule has 0 unspecified atom stereocenters. The average molecular weight is 328 g/mol. The summed E-state index contributed by atoms with van der Waals surface area (Å²) < 4.78 is 0. The van der Waals surface area contributed by atoms with Gasteiger partial charge in [-0.25, -0.2) is 4.98 Å². The molecule has 0 spiro atoms. The predicted molar refractivity (Wildman–Crippen MR) is 92.2 cm³/mol. The van der Waals surface area contributed by atoms with E-state index < -0.39 is 0 Å². The zero-order valence-electron chi connectivity index (χ0n) is 13.0. The highest BCUT2D eigenvalue weighted by Gasteiger charge is 2.22. The topological polar surface area (TPSA) is 61.4 Å². The number of hydrogen-bond donors (Lipinski definition) is 1. The Morgan fingerprint density at radius 2 is 2.26 bits per heavy atom. The summed E-state index contributed by atoms with van der Waals surface area (Å²) >= 11 is 1.76. The fourth-order valence-electron chi connectivity index (χ4n) is 3.27. The van der Waals surface area contributed by atoms with Gasteiger partial charge < -0.3 is 4.98 Å². The Balaban J connectivity index is 1.58. The van der Waals surface area contributed by atoms with Crippen molar-refractivity contribution in [1.29, 1.82) is 0 Å². The summed E-state index contributed by atoms with van der Waals surface area (Å²) in [5.41, 5.74) is 2.76. The minimum atomic E-state index is 0.00848. The molecule has 2 aromatic rings. The van der Waals surface area contributed by atoms with Gasteiger partial charge in [-0.1, -0.05) is 6.07 Å². The van der Waals surface area contributed by atoms with E-state index in [-0.39, 0.29) is 5.56 Å². The minimum Gasteiger partial charge on any atom is -0.305 e. The van der Waals surface area contributed by atoms with Crippen molar-refractivity contribution in [2.75, 3.05) is 13.1 Å². The largest absolute Gasteiger partial charge is 0.305 e. The first kappa shape index (κ1) is 14.8. The Bertz CT molecular complexity index is 778. The van der Waals surface area contributed by atoms with Gasteiger partial charge in [-0.05, 0) is 30.7 Å². The third-order valence-corrected chi connectivity index (χ3v) is 5.37. The van der Waals surface area contributed by atoms with Crippen molar-refractivity contribution in [2.45, 2.75) is 38.8 Å². The number of aromatic nitrogens is 2. The van der Waals surface area contributed by atoms with Crippen LogP contribution in [0.2, 0.25) is 0 Å². The standard InChI is InChI=1S/C17H20N4OS/c22-17-13-11-21(10-12-4-3-9-23-12)8-6-14(13)19-16(20-17)15-5-1-2-7-18-15/h3-4,9H,1-2,5-8,10-11H2,(H,19,20,22). The van der Waals surface area contributed by atoms with E-state index in [0.717, 1.165) is 62.3 Å². The summed E-state index contributed by atoms with van der Waals surface area (Å²) in [5.74, 6) is 0.695. The zero-order chi connectivity index (χ0) is 15.6. The first-order valence-electron chi connectivity index (χ1n) is 8.20. The van der Waals surface area contributed by atoms with Gasteiger partial charge in [0.05, 0.1) is 17.0 Å². The van der Waals surface area contributed by atoms with Gasteiger partial charge in [0.15, 0.2) is 5.82 Å². The highest BCUT2D eigenvalue weighted by Crippen LogP contribution is 2.19. The molecular weight excluding hydrogens is 308 g/mol. The van der Waals surface area contributed by atoms with Crippen LogP contribution in [-0.4, -0.2) is 33.7 Å². The van der Waals surface area contributed by atoms with E-state index in [9.17, 15) is 4.79 Å². The molecule has 0 amide bonds. The van der Waals surface area contributed by atoms with E-state index >= 15 is 0 Å². The SMILES string of the molecule is O=c1[nH]c(C2=NCCCC2)nc2c1CN(Cc1cccs1)CC2. The van der Waals surface area contributed by atoms with Crippen molar-refractivity contribution in [1.82, 2.24) is 14.9 Å². The van der Waals surface area contributed by atoms with Gasteiger partial charge in [-0.15, -0.1) is 11.3 Å². The molecule has 5 nitrogen and oxygen atoms in total. The van der Waals surface area contributed by atoms with E-state index in [2.05, 4.69) is 32.4 Å². The number of thiophene rings is 1. The van der Waals surface area contributed by atoms with Gasteiger partial charge >= 0.3 is 0 Å². The third kappa shape index (κ3) is 3.14. The molecule has 0 radical (unpaired) electrons. The van der Waals surface area contributed by atoms with Gasteiger partial charge in [0.25, 0.3) is 5.56 Å². The number of aromatic amines is 1. The normalized spacial score (nSPS) is 18.5. The van der Waals surface area contributed by atoms with Crippen LogP contribution in [0.4, 0.5) is 0 Å². The molecule has 1 N–H and O–H groups in total. The Kier molecular flexibility index (Phi) is 4.10. The van der Waals surface area contributed by atoms with Gasteiger partial charge in [-0.2, -0.15) is 0 Å². The van der Waals surface area contributed by atoms with Crippen LogP contribution in [0, 0.1) is 0 Å². The third-order valence-electron chi connectivity index (χ3n) is 4.50. The van der Waals surface area contributed by atoms with Crippen molar-refractivity contribution in [3.05, 3.63) is 49.8 Å². The number of fused-ring (bicyclic) bond motifs is 1. The number of aliphatic imine (C=N–C) groups is 1. The number of nitrogens with one attached hydrogen (secondary N) is 1. The first-order valence-corrected chi connectivity index (χ1v) is 9.08. The second-order valence-electron chi connectivity index (χ2n) is 6.17. The molecule has 0 saturated heterocycles. The van der Waals surface area contributed by atoms with E-state index in [1.807, 2.05) is 0 Å². The molecule has 23 heavy (non-hydrogen) atoms. The zero-order valence-corrected chi connectivity index (χ0v) is 13.9. The molecule has 6 heteroatoms. The molecule has 0 aromatic carbocycles. The second kappa shape index (κ2) is 6.37. The summed E-state index contributed by atoms with van der Waals surface area (Å²) in [5, 5.41) is 2.10. The van der Waals surface area contributed by atoms with E-state index in [0.29, 0.717) is 12.4 Å². The smallest absolute Gasteiger partial charge is 0.255 e. The molecule has 2 aromatic heterocycles. The van der Waals surface area contributed by atoms with Gasteiger partial charge in [0, 0.05) is 37.5 Å². The summed E-state index contributed by atoms with van der Waals surface area (Å²) in [6.45, 7) is 3.39. The van der Waals surface area contributed by atoms with Gasteiger partial charge in [-0.3, -0.25) is 14.7 Å². The molecule has 4 rings (SSSR count). The van der Waals surface area contributed by atoms with E-state index in [1.165, 1.54) is 4.88 Å². The van der Waals surface area contributed by atoms with E-state index in [4.69, 9.17) is 4.98 Å². The summed E-state index contributed by atoms with van der Waals surface area (Å²) in [6.07, 6.45) is 4.03. The lowest BCUT2D eigenvalue weighted by Gasteiger charge is -2.27. The van der Waals surface area contributed by atoms with Crippen LogP contribution in [0.15, 0.2) is 27.3 Å². The first-order chi connectivity index (χ1) is 11.3. The Morgan fingerprint density at radius 1 is 1.30 bits per heavy atom. The maximum atomic E-state index is 12.5. The molecule has 4 heterocycles. The Labute approximate surface area is 139 Å². The number of hydrogen-bond acceptors (Lipinski definition) is 5. The van der Waals surface area contributed by atoms with Gasteiger partial charge in [0.1, 0.15) is 0 Å². The molecule has 2 aliphatic heterocycles. The minimum absolute atomic E-state index is 0.00848. The Hall–Kier alpha value is -1.79. The van der Waals surface area contributed by atoms with Crippen LogP contribution in [-0.2, 0) is 19.5 Å². The quantitative estimate of drug-likeness (QED) is 0.941. The molecule has 0 aliphatic carbocycles. The Morgan fingerprint density at radius 3 is 3.04 bits per heavy atom. The van der Waals surface area contributed by atoms with Crippen LogP contribution in [0.25, 0.3) is 0 Å². The lowest BCUT2D eigenvalue weighted by atomic mass is 10.1. The maximum absolute atomic E-state index is 12.5. The monoisotopic (exact) mass is 328 g/mol. The van der Waals surface area contributed by atoms with Crippen molar-refractivity contribution in [3.8, 4) is 0 Å². The van der Waals surface area contributed by atoms with E-state index in [1.54, 1.807) is 11.3 Å². The fraction of sp³-hybridized carbons (Fsp3) is 0.471. The lowest BCUT2D eigenvalue weighted by Crippen LogP contribution is -2.36. The predicted octanol–water partition coefficient (Wildman–Crippen LogP) is 2.36. The molecule has 0 atom stereocenters. The van der Waals surface area contributed by atoms with Crippen LogP contribution in [0.5, 0.6) is 0 Å². The number of rotatable bonds is 3. The molecule has 0 bridgehead atoms. The number of H-pyrrole nitrogens is 1. The maximum Gasteiger partial charge on any atom is 0.255 e. The summed E-state index contributed by atoms with van der Waals surface area (Å²) in [6, 6.07) is 4.22. The van der Waals surface area contributed by atoms with Crippen molar-refractivity contribution < 1.29 is 0 Å². The summed E-state index contributed by atoms with van der Waals surface area (Å²) in [4.78, 5) is 28.4. The summed E-state index contributed by atoms with van der Waals surface area (Å²) in [7, 11) is 0. The van der Waals surface area contributed by atoms with Crippen LogP contribution >= 0.6 is 11.3 Å². The second-order valence-corrected chi connectivity index (χ2v) is 7.20. The van der Waals surface area contributed by atoms with Crippen LogP contribution < -0.4 is 5.56 Å². The molecule has 120 valence electrons. The lowest BCUT2D eigenvalue weighted by molar-refractivity contribution is 0.244. The van der Waals surface area contributed by atoms with Gasteiger partial charge in [0.2, 0.25) is 0 Å². The highest BCUT2D eigenvalue weighted by atomic mass is 32.1. The highest BCUT2D eigenvalue weighted by molar-refractivity contribution is 7.09. The molecule has 2 aliphatic rings. The average Bonchev–Trinajstić information content (AvgIpc) is 3.09. The molecule has 0 saturated carbocycles. The fourth-order valence-corrected chi connectivity index (χ4v) is 4.01. The molecular formula is C17H20N4OS.